The molecule has 1 aliphatic rings. The summed E-state index contributed by atoms with van der Waals surface area (Å²) >= 11 is 4.78. The summed E-state index contributed by atoms with van der Waals surface area (Å²) < 4.78 is 13.0. The number of aryl methyl sites for hydroxylation is 2. The second-order valence-corrected chi connectivity index (χ2v) is 9.19. The van der Waals surface area contributed by atoms with Gasteiger partial charge in [-0.2, -0.15) is 0 Å². The van der Waals surface area contributed by atoms with Crippen molar-refractivity contribution in [3.05, 3.63) is 85.2 Å². The number of thiophene rings is 1. The van der Waals surface area contributed by atoms with E-state index < -0.39 is 5.97 Å². The Bertz CT molecular complexity index is 1390. The van der Waals surface area contributed by atoms with Gasteiger partial charge in [0, 0.05) is 21.6 Å². The molecular formula is C23H17BrN2O4S. The third-order valence-electron chi connectivity index (χ3n) is 5.26. The van der Waals surface area contributed by atoms with E-state index >= 15 is 0 Å². The maximum atomic E-state index is 12.7. The van der Waals surface area contributed by atoms with E-state index in [-0.39, 0.29) is 12.2 Å². The average Bonchev–Trinajstić information content (AvgIpc) is 3.22. The molecule has 1 aliphatic carbocycles. The van der Waals surface area contributed by atoms with Crippen LogP contribution in [-0.4, -0.2) is 22.5 Å². The smallest absolute Gasteiger partial charge is 0.348 e. The van der Waals surface area contributed by atoms with Gasteiger partial charge in [-0.05, 0) is 81.9 Å². The molecule has 3 heterocycles. The molecule has 3 aromatic heterocycles. The number of carbonyl (C=O) groups excluding carboxylic acids is 1. The predicted molar refractivity (Wildman–Crippen MR) is 122 cm³/mol. The molecule has 0 radical (unpaired) electrons. The highest BCUT2D eigenvalue weighted by atomic mass is 79.9. The van der Waals surface area contributed by atoms with Gasteiger partial charge in [0.15, 0.2) is 0 Å². The normalized spacial score (nSPS) is 12.3. The predicted octanol–water partition coefficient (Wildman–Crippen LogP) is 4.65. The van der Waals surface area contributed by atoms with Gasteiger partial charge < -0.3 is 9.47 Å². The summed E-state index contributed by atoms with van der Waals surface area (Å²) in [7, 11) is 1.66. The number of carbonyl (C=O) groups is 1. The van der Waals surface area contributed by atoms with E-state index in [0.717, 1.165) is 39.1 Å². The molecule has 0 saturated carbocycles. The molecule has 8 heteroatoms. The molecule has 0 saturated heterocycles. The molecule has 0 aliphatic heterocycles. The van der Waals surface area contributed by atoms with Crippen LogP contribution in [0.3, 0.4) is 0 Å². The minimum Gasteiger partial charge on any atom is -0.497 e. The molecule has 0 bridgehead atoms. The Morgan fingerprint density at radius 1 is 1.16 bits per heavy atom. The highest BCUT2D eigenvalue weighted by Gasteiger charge is 2.23. The number of ether oxygens (including phenoxy) is 2. The first-order valence-corrected chi connectivity index (χ1v) is 11.3. The summed E-state index contributed by atoms with van der Waals surface area (Å²) in [5.74, 6) is 0.428. The fraction of sp³-hybridized carbons (Fsp3) is 0.174. The van der Waals surface area contributed by atoms with Gasteiger partial charge in [-0.3, -0.25) is 9.20 Å². The zero-order chi connectivity index (χ0) is 21.5. The number of esters is 1. The number of fused-ring (bicyclic) bond motifs is 4. The van der Waals surface area contributed by atoms with Crippen LogP contribution in [0.1, 0.15) is 26.5 Å². The Morgan fingerprint density at radius 2 is 2.00 bits per heavy atom. The maximum Gasteiger partial charge on any atom is 0.348 e. The lowest BCUT2D eigenvalue weighted by Gasteiger charge is -2.16. The van der Waals surface area contributed by atoms with Gasteiger partial charge in [0.05, 0.1) is 12.8 Å². The molecule has 4 aromatic rings. The molecule has 0 unspecified atom stereocenters. The van der Waals surface area contributed by atoms with Gasteiger partial charge in [-0.15, -0.1) is 11.3 Å². The first kappa shape index (κ1) is 20.0. The number of pyridine rings is 1. The zero-order valence-electron chi connectivity index (χ0n) is 16.6. The molecule has 1 aromatic carbocycles. The van der Waals surface area contributed by atoms with Crippen LogP contribution in [0.5, 0.6) is 5.75 Å². The summed E-state index contributed by atoms with van der Waals surface area (Å²) in [6.07, 6.45) is 3.44. The van der Waals surface area contributed by atoms with Crippen molar-refractivity contribution < 1.29 is 14.3 Å². The number of aromatic nitrogens is 2. The Balaban J connectivity index is 1.36. The molecule has 0 N–H and O–H groups in total. The number of benzene rings is 1. The first-order chi connectivity index (χ1) is 15.0. The van der Waals surface area contributed by atoms with E-state index in [1.165, 1.54) is 27.4 Å². The van der Waals surface area contributed by atoms with E-state index in [9.17, 15) is 9.59 Å². The Kier molecular flexibility index (Phi) is 5.11. The minimum absolute atomic E-state index is 0.0585. The highest BCUT2D eigenvalue weighted by molar-refractivity contribution is 9.10. The molecular weight excluding hydrogens is 480 g/mol. The molecule has 6 nitrogen and oxygen atoms in total. The van der Waals surface area contributed by atoms with E-state index in [2.05, 4.69) is 27.0 Å². The van der Waals surface area contributed by atoms with Crippen LogP contribution in [0, 0.1) is 0 Å². The summed E-state index contributed by atoms with van der Waals surface area (Å²) in [5, 5.41) is 0. The van der Waals surface area contributed by atoms with Crippen molar-refractivity contribution in [1.29, 1.82) is 0 Å². The molecule has 0 spiro atoms. The Labute approximate surface area is 190 Å². The minimum atomic E-state index is -0.410. The van der Waals surface area contributed by atoms with Gasteiger partial charge >= 0.3 is 5.97 Å². The van der Waals surface area contributed by atoms with Gasteiger partial charge in [0.2, 0.25) is 0 Å². The van der Waals surface area contributed by atoms with Gasteiger partial charge in [-0.25, -0.2) is 9.78 Å². The van der Waals surface area contributed by atoms with E-state index in [0.29, 0.717) is 16.2 Å². The monoisotopic (exact) mass is 496 g/mol. The maximum absolute atomic E-state index is 12.7. The average molecular weight is 497 g/mol. The van der Waals surface area contributed by atoms with Crippen LogP contribution < -0.4 is 10.3 Å². The SMILES string of the molecule is COc1ccc2c(c1)CCc1cc(C(=O)OCc3cc(=O)n4cc(Br)ccc4n3)sc1-2. The van der Waals surface area contributed by atoms with Crippen LogP contribution in [0.4, 0.5) is 0 Å². The Morgan fingerprint density at radius 3 is 2.84 bits per heavy atom. The van der Waals surface area contributed by atoms with Crippen molar-refractivity contribution in [2.45, 2.75) is 19.4 Å². The van der Waals surface area contributed by atoms with Crippen LogP contribution in [0.15, 0.2) is 57.9 Å². The fourth-order valence-corrected chi connectivity index (χ4v) is 5.25. The number of hydrogen-bond donors (Lipinski definition) is 0. The third kappa shape index (κ3) is 3.77. The molecule has 0 fully saturated rings. The molecule has 156 valence electrons. The lowest BCUT2D eigenvalue weighted by Crippen LogP contribution is -2.16. The zero-order valence-corrected chi connectivity index (χ0v) is 19.0. The number of halogens is 1. The fourth-order valence-electron chi connectivity index (χ4n) is 3.75. The molecule has 0 atom stereocenters. The van der Waals surface area contributed by atoms with E-state index in [4.69, 9.17) is 9.47 Å². The van der Waals surface area contributed by atoms with Crippen molar-refractivity contribution in [3.8, 4) is 16.2 Å². The summed E-state index contributed by atoms with van der Waals surface area (Å²) in [4.78, 5) is 31.1. The van der Waals surface area contributed by atoms with Crippen molar-refractivity contribution in [3.63, 3.8) is 0 Å². The Hall–Kier alpha value is -2.97. The van der Waals surface area contributed by atoms with Gasteiger partial charge in [0.25, 0.3) is 5.56 Å². The summed E-state index contributed by atoms with van der Waals surface area (Å²) in [6.45, 7) is -0.0585. The van der Waals surface area contributed by atoms with Crippen molar-refractivity contribution in [2.24, 2.45) is 0 Å². The van der Waals surface area contributed by atoms with E-state index in [1.807, 2.05) is 18.2 Å². The lowest BCUT2D eigenvalue weighted by atomic mass is 9.91. The van der Waals surface area contributed by atoms with Crippen molar-refractivity contribution in [2.75, 3.05) is 7.11 Å². The van der Waals surface area contributed by atoms with Crippen LogP contribution in [0.25, 0.3) is 16.1 Å². The highest BCUT2D eigenvalue weighted by Crippen LogP contribution is 2.41. The number of nitrogens with zero attached hydrogens (tertiary/aromatic N) is 2. The van der Waals surface area contributed by atoms with Gasteiger partial charge in [-0.1, -0.05) is 0 Å². The topological polar surface area (TPSA) is 69.9 Å². The van der Waals surface area contributed by atoms with Gasteiger partial charge in [0.1, 0.15) is 22.9 Å². The van der Waals surface area contributed by atoms with E-state index in [1.54, 1.807) is 25.4 Å². The van der Waals surface area contributed by atoms with Crippen molar-refractivity contribution >= 4 is 38.9 Å². The number of hydrogen-bond acceptors (Lipinski definition) is 6. The molecule has 0 amide bonds. The van der Waals surface area contributed by atoms with Crippen LogP contribution in [0.2, 0.25) is 0 Å². The molecule has 31 heavy (non-hydrogen) atoms. The largest absolute Gasteiger partial charge is 0.497 e. The lowest BCUT2D eigenvalue weighted by molar-refractivity contribution is 0.0473. The quantitative estimate of drug-likeness (QED) is 0.384. The second-order valence-electron chi connectivity index (χ2n) is 7.23. The van der Waals surface area contributed by atoms with Crippen LogP contribution >= 0.6 is 27.3 Å². The molecule has 5 rings (SSSR count). The summed E-state index contributed by atoms with van der Waals surface area (Å²) in [6, 6.07) is 12.9. The summed E-state index contributed by atoms with van der Waals surface area (Å²) in [5.41, 5.74) is 4.21. The first-order valence-electron chi connectivity index (χ1n) is 9.67. The second kappa shape index (κ2) is 7.94. The standard InChI is InChI=1S/C23H17BrN2O4S/c1-29-17-5-6-18-13(8-17)2-3-14-9-19(31-22(14)18)23(28)30-12-16-10-21(27)26-11-15(24)4-7-20(26)25-16/h4-11H,2-3,12H2,1H3. The number of rotatable bonds is 4. The third-order valence-corrected chi connectivity index (χ3v) is 6.92. The number of methoxy groups -OCH3 is 1. The van der Waals surface area contributed by atoms with Crippen molar-refractivity contribution in [1.82, 2.24) is 9.38 Å². The van der Waals surface area contributed by atoms with Crippen LogP contribution in [-0.2, 0) is 24.2 Å².